The van der Waals surface area contributed by atoms with E-state index in [-0.39, 0.29) is 22.5 Å². The minimum Gasteiger partial charge on any atom is -0.390 e. The Bertz CT molecular complexity index is 635. The van der Waals surface area contributed by atoms with E-state index in [9.17, 15) is 9.90 Å². The fourth-order valence-electron chi connectivity index (χ4n) is 7.24. The lowest BCUT2D eigenvalue weighted by Crippen LogP contribution is -2.59. The lowest BCUT2D eigenvalue weighted by Gasteiger charge is -2.56. The van der Waals surface area contributed by atoms with Crippen LogP contribution in [0.3, 0.4) is 0 Å². The van der Waals surface area contributed by atoms with E-state index < -0.39 is 5.60 Å². The summed E-state index contributed by atoms with van der Waals surface area (Å²) in [6, 6.07) is 0. The van der Waals surface area contributed by atoms with E-state index in [1.54, 1.807) is 0 Å². The first-order valence-corrected chi connectivity index (χ1v) is 9.39. The first-order chi connectivity index (χ1) is 10.7. The fourth-order valence-corrected chi connectivity index (χ4v) is 7.24. The molecule has 23 heavy (non-hydrogen) atoms. The van der Waals surface area contributed by atoms with Crippen molar-refractivity contribution in [1.29, 1.82) is 0 Å². The highest BCUT2D eigenvalue weighted by molar-refractivity contribution is 5.91. The number of hydrogen-bond acceptors (Lipinski definition) is 3. The van der Waals surface area contributed by atoms with Gasteiger partial charge < -0.3 is 9.84 Å². The molecule has 0 bridgehead atoms. The Morgan fingerprint density at radius 1 is 1.13 bits per heavy atom. The van der Waals surface area contributed by atoms with Gasteiger partial charge in [-0.05, 0) is 63.4 Å². The van der Waals surface area contributed by atoms with Gasteiger partial charge in [0.05, 0.1) is 11.7 Å². The van der Waals surface area contributed by atoms with Crippen molar-refractivity contribution < 1.29 is 14.6 Å². The molecule has 4 fully saturated rings. The third-order valence-corrected chi connectivity index (χ3v) is 8.90. The molecule has 5 rings (SSSR count). The summed E-state index contributed by atoms with van der Waals surface area (Å²) in [4.78, 5) is 11.9. The molecule has 3 heteroatoms. The summed E-state index contributed by atoms with van der Waals surface area (Å²) in [7, 11) is 0. The molecule has 3 nitrogen and oxygen atoms in total. The molecule has 0 radical (unpaired) electrons. The number of epoxide rings is 1. The number of fused-ring (bicyclic) bond motifs is 3. The minimum atomic E-state index is -0.560. The van der Waals surface area contributed by atoms with Gasteiger partial charge in [0, 0.05) is 17.3 Å². The van der Waals surface area contributed by atoms with Crippen molar-refractivity contribution in [2.24, 2.45) is 22.7 Å². The van der Waals surface area contributed by atoms with Crippen molar-refractivity contribution >= 4 is 5.78 Å². The maximum atomic E-state index is 11.9. The number of aliphatic hydroxyl groups is 1. The molecule has 4 aliphatic carbocycles. The fraction of sp³-hybridized carbons (Fsp3) is 0.850. The molecule has 126 valence electrons. The molecule has 1 saturated heterocycles. The summed E-state index contributed by atoms with van der Waals surface area (Å²) in [6.45, 7) is 6.69. The predicted molar refractivity (Wildman–Crippen MR) is 86.8 cm³/mol. The van der Waals surface area contributed by atoms with Gasteiger partial charge in [0.2, 0.25) is 0 Å². The molecular weight excluding hydrogens is 288 g/mol. The standard InChI is InChI=1S/C20H28O3/c1-17-8-6-13(21)10-12(17)4-5-15-14-7-9-19(3,22)18(14,2)11-16-20(15,17)23-16/h10,14-16,22H,4-9,11H2,1-3H3/t14-,15-,16-,17-,18-,19+,20?/m0/s1. The molecule has 0 aromatic rings. The van der Waals surface area contributed by atoms with Gasteiger partial charge in [-0.2, -0.15) is 0 Å². The van der Waals surface area contributed by atoms with Crippen LogP contribution in [-0.4, -0.2) is 28.2 Å². The third kappa shape index (κ3) is 1.44. The Kier molecular flexibility index (Phi) is 2.51. The Labute approximate surface area is 138 Å². The second kappa shape index (κ2) is 3.94. The quantitative estimate of drug-likeness (QED) is 0.697. The van der Waals surface area contributed by atoms with Gasteiger partial charge in [-0.15, -0.1) is 0 Å². The first-order valence-electron chi connectivity index (χ1n) is 9.39. The Morgan fingerprint density at radius 3 is 2.70 bits per heavy atom. The van der Waals surface area contributed by atoms with Gasteiger partial charge >= 0.3 is 0 Å². The average molecular weight is 316 g/mol. The van der Waals surface area contributed by atoms with Crippen molar-refractivity contribution in [3.8, 4) is 0 Å². The van der Waals surface area contributed by atoms with Gasteiger partial charge in [0.25, 0.3) is 0 Å². The van der Waals surface area contributed by atoms with E-state index in [2.05, 4.69) is 13.8 Å². The van der Waals surface area contributed by atoms with Gasteiger partial charge in [-0.3, -0.25) is 4.79 Å². The van der Waals surface area contributed by atoms with Crippen LogP contribution in [0.5, 0.6) is 0 Å². The van der Waals surface area contributed by atoms with Crippen molar-refractivity contribution in [3.63, 3.8) is 0 Å². The SMILES string of the molecule is C[C@]12CCC(=O)C=C1CC[C@H]1[C@@H]3CC[C@@](C)(O)[C@@]3(C)C[C@@H]3OC312. The van der Waals surface area contributed by atoms with Gasteiger partial charge in [0.15, 0.2) is 5.78 Å². The van der Waals surface area contributed by atoms with Crippen LogP contribution >= 0.6 is 0 Å². The van der Waals surface area contributed by atoms with Crippen LogP contribution in [0.1, 0.15) is 65.7 Å². The topological polar surface area (TPSA) is 49.8 Å². The minimum absolute atomic E-state index is 0.00953. The number of hydrogen-bond donors (Lipinski definition) is 1. The molecule has 0 aromatic heterocycles. The zero-order valence-electron chi connectivity index (χ0n) is 14.5. The van der Waals surface area contributed by atoms with Crippen molar-refractivity contribution in [2.75, 3.05) is 0 Å². The zero-order chi connectivity index (χ0) is 16.3. The Balaban J connectivity index is 1.60. The summed E-state index contributed by atoms with van der Waals surface area (Å²) >= 11 is 0. The number of ketones is 1. The molecule has 7 atom stereocenters. The van der Waals surface area contributed by atoms with Crippen LogP contribution in [0, 0.1) is 22.7 Å². The van der Waals surface area contributed by atoms with E-state index >= 15 is 0 Å². The summed E-state index contributed by atoms with van der Waals surface area (Å²) in [5.74, 6) is 1.41. The van der Waals surface area contributed by atoms with Crippen LogP contribution in [-0.2, 0) is 9.53 Å². The molecular formula is C20H28O3. The highest BCUT2D eigenvalue weighted by Gasteiger charge is 2.80. The lowest BCUT2D eigenvalue weighted by atomic mass is 9.46. The molecule has 0 aromatic carbocycles. The number of carbonyl (C=O) groups excluding carboxylic acids is 1. The second-order valence-corrected chi connectivity index (χ2v) is 9.55. The monoisotopic (exact) mass is 316 g/mol. The Morgan fingerprint density at radius 2 is 1.91 bits per heavy atom. The van der Waals surface area contributed by atoms with Crippen LogP contribution in [0.2, 0.25) is 0 Å². The highest BCUT2D eigenvalue weighted by Crippen LogP contribution is 2.76. The second-order valence-electron chi connectivity index (χ2n) is 9.55. The van der Waals surface area contributed by atoms with Crippen LogP contribution in [0.4, 0.5) is 0 Å². The predicted octanol–water partition coefficient (Wildman–Crippen LogP) is 3.40. The van der Waals surface area contributed by atoms with E-state index in [1.807, 2.05) is 13.0 Å². The zero-order valence-corrected chi connectivity index (χ0v) is 14.5. The summed E-state index contributed by atoms with van der Waals surface area (Å²) in [5.41, 5.74) is 0.785. The highest BCUT2D eigenvalue weighted by atomic mass is 16.6. The summed E-state index contributed by atoms with van der Waals surface area (Å²) in [6.07, 6.45) is 9.03. The smallest absolute Gasteiger partial charge is 0.155 e. The van der Waals surface area contributed by atoms with E-state index in [4.69, 9.17) is 4.74 Å². The van der Waals surface area contributed by atoms with Crippen LogP contribution < -0.4 is 0 Å². The molecule has 1 heterocycles. The molecule has 5 aliphatic rings. The Hall–Kier alpha value is -0.670. The summed E-state index contributed by atoms with van der Waals surface area (Å²) < 4.78 is 6.51. The number of carbonyl (C=O) groups is 1. The van der Waals surface area contributed by atoms with Gasteiger partial charge in [-0.25, -0.2) is 0 Å². The van der Waals surface area contributed by atoms with Crippen molar-refractivity contribution in [2.45, 2.75) is 83.0 Å². The number of ether oxygens (including phenoxy) is 1. The molecule has 0 amide bonds. The average Bonchev–Trinajstić information content (AvgIpc) is 3.14. The van der Waals surface area contributed by atoms with E-state index in [0.29, 0.717) is 24.0 Å². The van der Waals surface area contributed by atoms with Crippen molar-refractivity contribution in [1.82, 2.24) is 0 Å². The molecule has 1 N–H and O–H groups in total. The molecule has 1 aliphatic heterocycles. The maximum absolute atomic E-state index is 11.9. The van der Waals surface area contributed by atoms with Crippen LogP contribution in [0.15, 0.2) is 11.6 Å². The van der Waals surface area contributed by atoms with E-state index in [1.165, 1.54) is 5.57 Å². The van der Waals surface area contributed by atoms with Crippen LogP contribution in [0.25, 0.3) is 0 Å². The third-order valence-electron chi connectivity index (χ3n) is 8.90. The van der Waals surface area contributed by atoms with E-state index in [0.717, 1.165) is 38.5 Å². The number of rotatable bonds is 0. The van der Waals surface area contributed by atoms with Crippen molar-refractivity contribution in [3.05, 3.63) is 11.6 Å². The summed E-state index contributed by atoms with van der Waals surface area (Å²) in [5, 5.41) is 11.0. The normalized spacial score (nSPS) is 60.3. The van der Waals surface area contributed by atoms with Gasteiger partial charge in [-0.1, -0.05) is 19.4 Å². The largest absolute Gasteiger partial charge is 0.390 e. The first kappa shape index (κ1) is 14.7. The molecule has 1 spiro atoms. The lowest BCUT2D eigenvalue weighted by molar-refractivity contribution is -0.118. The molecule has 1 unspecified atom stereocenters. The molecule has 3 saturated carbocycles. The van der Waals surface area contributed by atoms with Gasteiger partial charge in [0.1, 0.15) is 5.60 Å². The maximum Gasteiger partial charge on any atom is 0.155 e.